The Balaban J connectivity index is 1.70. The number of fused-ring (bicyclic) bond motifs is 1. The lowest BCUT2D eigenvalue weighted by molar-refractivity contribution is -0.127. The van der Waals surface area contributed by atoms with Gasteiger partial charge in [0.25, 0.3) is 0 Å². The second-order valence-corrected chi connectivity index (χ2v) is 7.11. The first-order valence-corrected chi connectivity index (χ1v) is 10.1. The average Bonchev–Trinajstić information content (AvgIpc) is 3.16. The van der Waals surface area contributed by atoms with Crippen molar-refractivity contribution in [1.82, 2.24) is 25.0 Å². The molecule has 1 aromatic carbocycles. The van der Waals surface area contributed by atoms with E-state index in [1.54, 1.807) is 30.6 Å². The van der Waals surface area contributed by atoms with E-state index in [2.05, 4.69) is 10.3 Å². The molecule has 0 radical (unpaired) electrons. The van der Waals surface area contributed by atoms with Crippen LogP contribution in [0.2, 0.25) is 0 Å². The van der Waals surface area contributed by atoms with Crippen LogP contribution in [0.1, 0.15) is 12.6 Å². The highest BCUT2D eigenvalue weighted by Gasteiger charge is 2.27. The second-order valence-electron chi connectivity index (χ2n) is 7.11. The molecule has 0 aliphatic carbocycles. The molecule has 0 unspecified atom stereocenters. The molecule has 2 aromatic heterocycles. The zero-order valence-corrected chi connectivity index (χ0v) is 16.9. The Bertz CT molecular complexity index is 1040. The van der Waals surface area contributed by atoms with E-state index in [0.717, 1.165) is 34.6 Å². The number of halogens is 1. The van der Waals surface area contributed by atoms with Crippen LogP contribution >= 0.6 is 0 Å². The molecule has 30 heavy (non-hydrogen) atoms. The largest absolute Gasteiger partial charge is 0.331 e. The number of aromatic nitrogens is 3. The molecule has 0 fully saturated rings. The molecule has 1 aliphatic heterocycles. The standard InChI is InChI=1S/C23H24FN5O/c1-2-25-11-3-4-21(30)28-14-15-29-20(16-28)22(17-9-12-26-13-10-17)23(27-29)18-5-7-19(24)8-6-18/h3-10,12-13,25H,2,11,14-16H2,1H3/b4-3+. The van der Waals surface area contributed by atoms with Crippen molar-refractivity contribution >= 4 is 5.91 Å². The van der Waals surface area contributed by atoms with Crippen LogP contribution in [0.3, 0.4) is 0 Å². The van der Waals surface area contributed by atoms with Gasteiger partial charge in [-0.1, -0.05) is 13.0 Å². The third kappa shape index (κ3) is 4.16. The Labute approximate surface area is 175 Å². The third-order valence-electron chi connectivity index (χ3n) is 5.15. The summed E-state index contributed by atoms with van der Waals surface area (Å²) in [5.74, 6) is -0.293. The number of carbonyl (C=O) groups excluding carboxylic acids is 1. The van der Waals surface area contributed by atoms with E-state index in [1.807, 2.05) is 34.7 Å². The van der Waals surface area contributed by atoms with Crippen LogP contribution in [-0.2, 0) is 17.9 Å². The topological polar surface area (TPSA) is 63.1 Å². The Hall–Kier alpha value is -3.32. The molecule has 6 nitrogen and oxygen atoms in total. The number of likely N-dealkylation sites (N-methyl/N-ethyl adjacent to an activating group) is 1. The van der Waals surface area contributed by atoms with Crippen LogP contribution < -0.4 is 5.32 Å². The summed E-state index contributed by atoms with van der Waals surface area (Å²) in [5.41, 5.74) is 4.53. The van der Waals surface area contributed by atoms with E-state index in [4.69, 9.17) is 5.10 Å². The van der Waals surface area contributed by atoms with E-state index in [0.29, 0.717) is 26.2 Å². The van der Waals surface area contributed by atoms with Crippen molar-refractivity contribution in [3.05, 3.63) is 72.5 Å². The number of benzene rings is 1. The molecule has 3 heterocycles. The molecule has 4 rings (SSSR count). The summed E-state index contributed by atoms with van der Waals surface area (Å²) in [6, 6.07) is 10.2. The smallest absolute Gasteiger partial charge is 0.246 e. The van der Waals surface area contributed by atoms with Gasteiger partial charge in [0.05, 0.1) is 18.8 Å². The number of rotatable bonds is 6. The third-order valence-corrected chi connectivity index (χ3v) is 5.15. The van der Waals surface area contributed by atoms with E-state index in [9.17, 15) is 9.18 Å². The minimum absolute atomic E-state index is 0.00985. The molecule has 1 N–H and O–H groups in total. The molecule has 0 bridgehead atoms. The fourth-order valence-electron chi connectivity index (χ4n) is 3.63. The van der Waals surface area contributed by atoms with Crippen molar-refractivity contribution < 1.29 is 9.18 Å². The quantitative estimate of drug-likeness (QED) is 0.505. The van der Waals surface area contributed by atoms with Gasteiger partial charge in [-0.25, -0.2) is 4.39 Å². The first-order valence-electron chi connectivity index (χ1n) is 10.1. The highest BCUT2D eigenvalue weighted by atomic mass is 19.1. The second kappa shape index (κ2) is 9.00. The zero-order valence-electron chi connectivity index (χ0n) is 16.9. The van der Waals surface area contributed by atoms with E-state index in [1.165, 1.54) is 12.1 Å². The van der Waals surface area contributed by atoms with E-state index >= 15 is 0 Å². The van der Waals surface area contributed by atoms with Crippen molar-refractivity contribution in [3.63, 3.8) is 0 Å². The molecule has 154 valence electrons. The minimum Gasteiger partial charge on any atom is -0.331 e. The van der Waals surface area contributed by atoms with Gasteiger partial charge in [0.15, 0.2) is 0 Å². The maximum absolute atomic E-state index is 13.5. The highest BCUT2D eigenvalue weighted by Crippen LogP contribution is 2.36. The van der Waals surface area contributed by atoms with Gasteiger partial charge in [0, 0.05) is 42.7 Å². The van der Waals surface area contributed by atoms with Gasteiger partial charge in [-0.2, -0.15) is 5.10 Å². The fraction of sp³-hybridized carbons (Fsp3) is 0.261. The van der Waals surface area contributed by atoms with Crippen molar-refractivity contribution in [2.24, 2.45) is 0 Å². The normalized spacial score (nSPS) is 13.6. The number of hydrogen-bond acceptors (Lipinski definition) is 4. The maximum Gasteiger partial charge on any atom is 0.246 e. The van der Waals surface area contributed by atoms with Gasteiger partial charge >= 0.3 is 0 Å². The Morgan fingerprint density at radius 3 is 2.63 bits per heavy atom. The number of nitrogens with zero attached hydrogens (tertiary/aromatic N) is 4. The van der Waals surface area contributed by atoms with Gasteiger partial charge in [0.2, 0.25) is 5.91 Å². The van der Waals surface area contributed by atoms with Crippen LogP contribution in [0.5, 0.6) is 0 Å². The van der Waals surface area contributed by atoms with Gasteiger partial charge < -0.3 is 10.2 Å². The molecular weight excluding hydrogens is 381 g/mol. The van der Waals surface area contributed by atoms with Gasteiger partial charge in [-0.15, -0.1) is 0 Å². The summed E-state index contributed by atoms with van der Waals surface area (Å²) in [6.07, 6.45) is 6.96. The summed E-state index contributed by atoms with van der Waals surface area (Å²) in [7, 11) is 0. The lowest BCUT2D eigenvalue weighted by atomic mass is 9.99. The van der Waals surface area contributed by atoms with Crippen LogP contribution in [0, 0.1) is 5.82 Å². The fourth-order valence-corrected chi connectivity index (χ4v) is 3.63. The van der Waals surface area contributed by atoms with Gasteiger partial charge in [0.1, 0.15) is 11.5 Å². The van der Waals surface area contributed by atoms with Gasteiger partial charge in [-0.3, -0.25) is 14.5 Å². The predicted molar refractivity (Wildman–Crippen MR) is 114 cm³/mol. The monoisotopic (exact) mass is 405 g/mol. The number of hydrogen-bond donors (Lipinski definition) is 1. The summed E-state index contributed by atoms with van der Waals surface area (Å²) >= 11 is 0. The SMILES string of the molecule is CCNC/C=C/C(=O)N1CCn2nc(-c3ccc(F)cc3)c(-c3ccncc3)c2C1. The molecule has 3 aromatic rings. The number of carbonyl (C=O) groups is 1. The summed E-state index contributed by atoms with van der Waals surface area (Å²) < 4.78 is 15.4. The van der Waals surface area contributed by atoms with Crippen LogP contribution in [0.4, 0.5) is 4.39 Å². The molecule has 0 saturated carbocycles. The molecule has 0 spiro atoms. The van der Waals surface area contributed by atoms with Crippen LogP contribution in [0.15, 0.2) is 60.9 Å². The predicted octanol–water partition coefficient (Wildman–Crippen LogP) is 3.26. The zero-order chi connectivity index (χ0) is 20.9. The molecule has 0 saturated heterocycles. The Morgan fingerprint density at radius 1 is 1.13 bits per heavy atom. The Kier molecular flexibility index (Phi) is 5.99. The molecular formula is C23H24FN5O. The molecule has 7 heteroatoms. The van der Waals surface area contributed by atoms with Crippen molar-refractivity contribution in [3.8, 4) is 22.4 Å². The summed E-state index contributed by atoms with van der Waals surface area (Å²) in [4.78, 5) is 18.6. The summed E-state index contributed by atoms with van der Waals surface area (Å²) in [6.45, 7) is 5.24. The van der Waals surface area contributed by atoms with Crippen molar-refractivity contribution in [1.29, 1.82) is 0 Å². The van der Waals surface area contributed by atoms with Crippen molar-refractivity contribution in [2.75, 3.05) is 19.6 Å². The average molecular weight is 405 g/mol. The lowest BCUT2D eigenvalue weighted by Crippen LogP contribution is -2.37. The molecule has 1 amide bonds. The van der Waals surface area contributed by atoms with E-state index in [-0.39, 0.29) is 11.7 Å². The highest BCUT2D eigenvalue weighted by molar-refractivity contribution is 5.88. The van der Waals surface area contributed by atoms with Gasteiger partial charge in [-0.05, 0) is 48.5 Å². The lowest BCUT2D eigenvalue weighted by Gasteiger charge is -2.27. The van der Waals surface area contributed by atoms with Crippen LogP contribution in [-0.4, -0.2) is 45.2 Å². The molecule has 0 atom stereocenters. The van der Waals surface area contributed by atoms with E-state index < -0.39 is 0 Å². The van der Waals surface area contributed by atoms with Crippen LogP contribution in [0.25, 0.3) is 22.4 Å². The Morgan fingerprint density at radius 2 is 1.90 bits per heavy atom. The first-order chi connectivity index (χ1) is 14.7. The number of nitrogens with one attached hydrogen (secondary N) is 1. The minimum atomic E-state index is -0.283. The summed E-state index contributed by atoms with van der Waals surface area (Å²) in [5, 5.41) is 7.99. The molecule has 1 aliphatic rings. The number of amides is 1. The first kappa shape index (κ1) is 20.0. The van der Waals surface area contributed by atoms with Crippen molar-refractivity contribution in [2.45, 2.75) is 20.0 Å². The number of pyridine rings is 1. The maximum atomic E-state index is 13.5.